The molecule has 124 valence electrons. The number of non-ortho nitro benzene ring substituents is 1. The Morgan fingerprint density at radius 2 is 2.00 bits per heavy atom. The van der Waals surface area contributed by atoms with Gasteiger partial charge in [-0.25, -0.2) is 4.98 Å². The molecule has 1 aliphatic rings. The van der Waals surface area contributed by atoms with Crippen LogP contribution >= 0.6 is 0 Å². The van der Waals surface area contributed by atoms with Crippen LogP contribution in [0.2, 0.25) is 0 Å². The molecule has 7 nitrogen and oxygen atoms in total. The normalized spacial score (nSPS) is 13.8. The van der Waals surface area contributed by atoms with Gasteiger partial charge in [-0.2, -0.15) is 0 Å². The molecule has 1 saturated heterocycles. The van der Waals surface area contributed by atoms with Crippen molar-refractivity contribution in [2.45, 2.75) is 19.8 Å². The van der Waals surface area contributed by atoms with E-state index < -0.39 is 10.8 Å². The Kier molecular flexibility index (Phi) is 4.41. The minimum atomic E-state index is -0.519. The van der Waals surface area contributed by atoms with Crippen molar-refractivity contribution in [3.05, 3.63) is 57.8 Å². The van der Waals surface area contributed by atoms with E-state index in [0.717, 1.165) is 24.6 Å². The third-order valence-corrected chi connectivity index (χ3v) is 4.07. The first-order chi connectivity index (χ1) is 11.5. The van der Waals surface area contributed by atoms with Crippen LogP contribution in [0.5, 0.6) is 0 Å². The fraction of sp³-hybridized carbons (Fsp3) is 0.294. The van der Waals surface area contributed by atoms with Gasteiger partial charge in [0.05, 0.1) is 16.3 Å². The van der Waals surface area contributed by atoms with Gasteiger partial charge in [-0.15, -0.1) is 0 Å². The number of hydrogen-bond acceptors (Lipinski definition) is 5. The Bertz CT molecular complexity index is 785. The fourth-order valence-electron chi connectivity index (χ4n) is 2.76. The number of benzene rings is 1. The number of carbonyl (C=O) groups excluding carboxylic acids is 1. The molecule has 0 saturated carbocycles. The largest absolute Gasteiger partial charge is 0.357 e. The molecule has 0 atom stereocenters. The van der Waals surface area contributed by atoms with Crippen LogP contribution in [-0.2, 0) is 0 Å². The molecule has 0 bridgehead atoms. The van der Waals surface area contributed by atoms with Crippen LogP contribution < -0.4 is 10.2 Å². The number of nitrogens with one attached hydrogen (secondary N) is 1. The highest BCUT2D eigenvalue weighted by Crippen LogP contribution is 2.23. The molecule has 0 unspecified atom stereocenters. The number of rotatable bonds is 4. The average molecular weight is 326 g/mol. The number of aryl methyl sites for hydroxylation is 1. The van der Waals surface area contributed by atoms with E-state index in [1.54, 1.807) is 6.07 Å². The molecular formula is C17H18N4O3. The van der Waals surface area contributed by atoms with Crippen LogP contribution in [0.3, 0.4) is 0 Å². The van der Waals surface area contributed by atoms with Crippen LogP contribution in [0.1, 0.15) is 28.9 Å². The standard InChI is InChI=1S/C17H18N4O3/c1-12-15(7-8-16(18-12)20-9-2-3-10-20)19-17(22)13-5-4-6-14(11-13)21(23)24/h4-8,11H,2-3,9-10H2,1H3,(H,19,22). The van der Waals surface area contributed by atoms with Crippen molar-refractivity contribution in [2.24, 2.45) is 0 Å². The van der Waals surface area contributed by atoms with Gasteiger partial charge in [-0.05, 0) is 38.0 Å². The average Bonchev–Trinajstić information content (AvgIpc) is 3.11. The smallest absolute Gasteiger partial charge is 0.270 e. The molecule has 1 aromatic heterocycles. The zero-order valence-electron chi connectivity index (χ0n) is 13.4. The first kappa shape index (κ1) is 15.9. The van der Waals surface area contributed by atoms with Crippen molar-refractivity contribution in [3.63, 3.8) is 0 Å². The monoisotopic (exact) mass is 326 g/mol. The van der Waals surface area contributed by atoms with E-state index in [4.69, 9.17) is 0 Å². The van der Waals surface area contributed by atoms with E-state index in [1.165, 1.54) is 31.0 Å². The number of amides is 1. The number of carbonyl (C=O) groups is 1. The first-order valence-corrected chi connectivity index (χ1v) is 7.83. The molecule has 24 heavy (non-hydrogen) atoms. The van der Waals surface area contributed by atoms with Gasteiger partial charge in [-0.3, -0.25) is 14.9 Å². The van der Waals surface area contributed by atoms with Gasteiger partial charge in [0, 0.05) is 30.8 Å². The predicted molar refractivity (Wildman–Crippen MR) is 91.5 cm³/mol. The Morgan fingerprint density at radius 1 is 1.25 bits per heavy atom. The van der Waals surface area contributed by atoms with Crippen molar-refractivity contribution in [3.8, 4) is 0 Å². The summed E-state index contributed by atoms with van der Waals surface area (Å²) in [5.41, 5.74) is 1.46. The van der Waals surface area contributed by atoms with Crippen LogP contribution in [0.4, 0.5) is 17.2 Å². The lowest BCUT2D eigenvalue weighted by Crippen LogP contribution is -2.20. The molecule has 1 N–H and O–H groups in total. The molecule has 1 fully saturated rings. The Labute approximate surface area is 139 Å². The summed E-state index contributed by atoms with van der Waals surface area (Å²) in [6, 6.07) is 9.37. The SMILES string of the molecule is Cc1nc(N2CCCC2)ccc1NC(=O)c1cccc([N+](=O)[O-])c1. The number of nitro benzene ring substituents is 1. The summed E-state index contributed by atoms with van der Waals surface area (Å²) in [5.74, 6) is 0.524. The summed E-state index contributed by atoms with van der Waals surface area (Å²) in [6.07, 6.45) is 2.35. The quantitative estimate of drug-likeness (QED) is 0.689. The Hall–Kier alpha value is -2.96. The molecular weight excluding hydrogens is 308 g/mol. The van der Waals surface area contributed by atoms with E-state index in [1.807, 2.05) is 19.1 Å². The lowest BCUT2D eigenvalue weighted by Gasteiger charge is -2.18. The van der Waals surface area contributed by atoms with Crippen molar-refractivity contribution < 1.29 is 9.72 Å². The highest BCUT2D eigenvalue weighted by Gasteiger charge is 2.16. The molecule has 0 spiro atoms. The van der Waals surface area contributed by atoms with Crippen molar-refractivity contribution in [1.82, 2.24) is 4.98 Å². The van der Waals surface area contributed by atoms with Crippen LogP contribution in [-0.4, -0.2) is 28.9 Å². The second-order valence-electron chi connectivity index (χ2n) is 5.76. The van der Waals surface area contributed by atoms with Gasteiger partial charge in [0.2, 0.25) is 0 Å². The van der Waals surface area contributed by atoms with E-state index in [9.17, 15) is 14.9 Å². The van der Waals surface area contributed by atoms with Gasteiger partial charge >= 0.3 is 0 Å². The Balaban J connectivity index is 1.76. The summed E-state index contributed by atoms with van der Waals surface area (Å²) in [5, 5.41) is 13.6. The maximum atomic E-state index is 12.3. The minimum Gasteiger partial charge on any atom is -0.357 e. The maximum absolute atomic E-state index is 12.3. The molecule has 0 radical (unpaired) electrons. The van der Waals surface area contributed by atoms with Gasteiger partial charge in [0.25, 0.3) is 11.6 Å². The molecule has 1 aliphatic heterocycles. The van der Waals surface area contributed by atoms with Gasteiger partial charge in [0.15, 0.2) is 0 Å². The summed E-state index contributed by atoms with van der Waals surface area (Å²) in [6.45, 7) is 3.85. The van der Waals surface area contributed by atoms with Gasteiger partial charge in [0.1, 0.15) is 5.82 Å². The third-order valence-electron chi connectivity index (χ3n) is 4.07. The molecule has 1 aromatic carbocycles. The number of hydrogen-bond donors (Lipinski definition) is 1. The van der Waals surface area contributed by atoms with Crippen molar-refractivity contribution >= 4 is 23.1 Å². The van der Waals surface area contributed by atoms with E-state index >= 15 is 0 Å². The second-order valence-corrected chi connectivity index (χ2v) is 5.76. The van der Waals surface area contributed by atoms with Crippen molar-refractivity contribution in [1.29, 1.82) is 0 Å². The van der Waals surface area contributed by atoms with Crippen LogP contribution in [0.15, 0.2) is 36.4 Å². The van der Waals surface area contributed by atoms with E-state index in [-0.39, 0.29) is 11.3 Å². The van der Waals surface area contributed by atoms with Gasteiger partial charge < -0.3 is 10.2 Å². The third kappa shape index (κ3) is 3.34. The van der Waals surface area contributed by atoms with Crippen LogP contribution in [0.25, 0.3) is 0 Å². The summed E-state index contributed by atoms with van der Waals surface area (Å²) < 4.78 is 0. The number of nitrogens with zero attached hydrogens (tertiary/aromatic N) is 3. The fourth-order valence-corrected chi connectivity index (χ4v) is 2.76. The maximum Gasteiger partial charge on any atom is 0.270 e. The van der Waals surface area contributed by atoms with Gasteiger partial charge in [-0.1, -0.05) is 6.07 Å². The second kappa shape index (κ2) is 6.66. The molecule has 1 amide bonds. The summed E-state index contributed by atoms with van der Waals surface area (Å²) >= 11 is 0. The molecule has 2 aromatic rings. The lowest BCUT2D eigenvalue weighted by atomic mass is 10.2. The number of aromatic nitrogens is 1. The first-order valence-electron chi connectivity index (χ1n) is 7.83. The topological polar surface area (TPSA) is 88.4 Å². The highest BCUT2D eigenvalue weighted by atomic mass is 16.6. The molecule has 7 heteroatoms. The summed E-state index contributed by atoms with van der Waals surface area (Å²) in [7, 11) is 0. The zero-order valence-corrected chi connectivity index (χ0v) is 13.4. The zero-order chi connectivity index (χ0) is 17.1. The molecule has 3 rings (SSSR count). The highest BCUT2D eigenvalue weighted by molar-refractivity contribution is 6.04. The molecule has 0 aliphatic carbocycles. The Morgan fingerprint density at radius 3 is 2.67 bits per heavy atom. The number of nitro groups is 1. The number of anilines is 2. The predicted octanol–water partition coefficient (Wildman–Crippen LogP) is 3.15. The van der Waals surface area contributed by atoms with E-state index in [2.05, 4.69) is 15.2 Å². The summed E-state index contributed by atoms with van der Waals surface area (Å²) in [4.78, 5) is 29.4. The molecule has 2 heterocycles. The van der Waals surface area contributed by atoms with E-state index in [0.29, 0.717) is 5.69 Å². The minimum absolute atomic E-state index is 0.109. The number of pyridine rings is 1. The van der Waals surface area contributed by atoms with Crippen LogP contribution in [0, 0.1) is 17.0 Å². The van der Waals surface area contributed by atoms with Crippen molar-refractivity contribution in [2.75, 3.05) is 23.3 Å². The lowest BCUT2D eigenvalue weighted by molar-refractivity contribution is -0.384.